The van der Waals surface area contributed by atoms with E-state index in [1.54, 1.807) is 0 Å². The highest BCUT2D eigenvalue weighted by Gasteiger charge is 2.33. The Morgan fingerprint density at radius 3 is 0.716 bits per heavy atom. The van der Waals surface area contributed by atoms with Crippen molar-refractivity contribution in [3.05, 3.63) is 240 Å². The molecular weight excluding hydrogens is 1490 g/mol. The molecule has 0 amide bonds. The van der Waals surface area contributed by atoms with Crippen molar-refractivity contribution in [1.82, 2.24) is 30.2 Å². The first kappa shape index (κ1) is 107. The number of aliphatic imine (C=N–C) groups is 4. The maximum absolute atomic E-state index is 9.64. The number of carboxylic acids is 8. The van der Waals surface area contributed by atoms with E-state index in [-0.39, 0.29) is 36.6 Å². The standard InChI is InChI=1S/2C27H30N4.2C7H19N3.2C4H6O4.2C4H4O4.2H2O/c2*1-4-10-24(11-5-1)22-28-16-18-30-20-21-31(27(30)26-14-8-3-9-15-26)19-17-29-23-25-12-6-2-7-13-25;2*8-4-2-1-3-6-10-7-5-9;4*5-3(6)1-2-4(7)8;;/h2*1-15,22-23,27H,16-21H2;2*10H,1-9H2;2*1-2H2,(H,5,6)(H,7,8);2*1-2H,(H,5,6)(H,7,8);2*1H2/b;;;;;;2*2-1+;;. The summed E-state index contributed by atoms with van der Waals surface area (Å²) >= 11 is 0. The van der Waals surface area contributed by atoms with Crippen LogP contribution >= 0.6 is 0 Å². The van der Waals surface area contributed by atoms with E-state index >= 15 is 0 Å². The third kappa shape index (κ3) is 60.4. The molecule has 0 saturated carbocycles. The largest absolute Gasteiger partial charge is 0.481 e. The smallest absolute Gasteiger partial charge is 0.328 e. The number of nitrogens with one attached hydrogen (secondary N) is 2. The van der Waals surface area contributed by atoms with E-state index in [0.29, 0.717) is 36.6 Å². The lowest BCUT2D eigenvalue weighted by Crippen LogP contribution is -2.33. The fraction of sp³-hybridized carbons (Fsp3) is 0.381. The van der Waals surface area contributed by atoms with E-state index < -0.39 is 47.8 Å². The van der Waals surface area contributed by atoms with Crippen LogP contribution in [0.3, 0.4) is 0 Å². The zero-order chi connectivity index (χ0) is 83.9. The van der Waals surface area contributed by atoms with Crippen molar-refractivity contribution in [2.75, 3.05) is 131 Å². The second-order valence-electron chi connectivity index (χ2n) is 24.9. The van der Waals surface area contributed by atoms with E-state index in [2.05, 4.69) is 159 Å². The Morgan fingerprint density at radius 1 is 0.310 bits per heavy atom. The number of aliphatic carboxylic acids is 8. The molecule has 2 fully saturated rings. The molecule has 116 heavy (non-hydrogen) atoms. The van der Waals surface area contributed by atoms with Gasteiger partial charge in [-0.05, 0) is 85.2 Å². The number of carbonyl (C=O) groups is 8. The monoisotopic (exact) mass is 1610 g/mol. The summed E-state index contributed by atoms with van der Waals surface area (Å²) in [6.07, 6.45) is 16.7. The molecule has 0 atom stereocenters. The maximum Gasteiger partial charge on any atom is 0.328 e. The van der Waals surface area contributed by atoms with Crippen molar-refractivity contribution in [2.45, 2.75) is 76.5 Å². The van der Waals surface area contributed by atoms with E-state index in [9.17, 15) is 38.4 Å². The predicted molar refractivity (Wildman–Crippen MR) is 455 cm³/mol. The summed E-state index contributed by atoms with van der Waals surface area (Å²) < 4.78 is 0. The molecule has 0 bridgehead atoms. The molecule has 2 saturated heterocycles. The Kier molecular flexibility index (Phi) is 66.9. The number of hydrogen-bond acceptors (Lipinski definition) is 22. The third-order valence-electron chi connectivity index (χ3n) is 15.8. The Balaban J connectivity index is 0. The molecule has 2 aliphatic heterocycles. The maximum atomic E-state index is 9.64. The van der Waals surface area contributed by atoms with Gasteiger partial charge >= 0.3 is 47.8 Å². The molecule has 2 aliphatic rings. The van der Waals surface area contributed by atoms with Crippen LogP contribution in [0.1, 0.15) is 110 Å². The van der Waals surface area contributed by atoms with Gasteiger partial charge in [-0.1, -0.05) is 195 Å². The van der Waals surface area contributed by atoms with Crippen LogP contribution in [0.25, 0.3) is 0 Å². The van der Waals surface area contributed by atoms with Gasteiger partial charge in [0.15, 0.2) is 0 Å². The second kappa shape index (κ2) is 72.7. The normalized spacial score (nSPS) is 13.7. The van der Waals surface area contributed by atoms with Gasteiger partial charge in [0.05, 0.1) is 64.2 Å². The summed E-state index contributed by atoms with van der Waals surface area (Å²) in [7, 11) is 0. The van der Waals surface area contributed by atoms with Gasteiger partial charge in [-0.2, -0.15) is 0 Å². The molecule has 6 aromatic carbocycles. The molecule has 0 unspecified atom stereocenters. The van der Waals surface area contributed by atoms with Crippen molar-refractivity contribution < 1.29 is 90.2 Å². The molecule has 0 aliphatic carbocycles. The SMILES string of the molecule is C(=NCCN1CCN(CCN=Cc2ccccc2)C1c1ccccc1)c1ccccc1.C(=NCCN1CCN(CCN=Cc2ccccc2)C1c1ccccc1)c1ccccc1.NCCCCCNCCN.NCCCCCNCCN.O.O.O=C(O)/C=C/C(=O)O.O=C(O)/C=C/C(=O)O.O=C(O)CCC(=O)O.O=C(O)CCC(=O)O. The van der Waals surface area contributed by atoms with E-state index in [1.807, 2.05) is 97.7 Å². The van der Waals surface area contributed by atoms with Crippen LogP contribution in [0.2, 0.25) is 0 Å². The summed E-state index contributed by atoms with van der Waals surface area (Å²) in [5.74, 6) is -9.33. The van der Waals surface area contributed by atoms with Crippen molar-refractivity contribution >= 4 is 72.6 Å². The third-order valence-corrected chi connectivity index (χ3v) is 15.8. The average molecular weight is 1620 g/mol. The first-order chi connectivity index (χ1) is 55.1. The van der Waals surface area contributed by atoms with Crippen LogP contribution in [0.5, 0.6) is 0 Å². The molecule has 8 rings (SSSR count). The number of nitrogens with two attached hydrogens (primary N) is 4. The van der Waals surface area contributed by atoms with Crippen LogP contribution in [0.4, 0.5) is 0 Å². The molecule has 32 nitrogen and oxygen atoms in total. The molecule has 2 heterocycles. The number of unbranched alkanes of at least 4 members (excludes halogenated alkanes) is 4. The van der Waals surface area contributed by atoms with E-state index in [0.717, 1.165) is 166 Å². The van der Waals surface area contributed by atoms with Gasteiger partial charge in [0, 0.05) is 128 Å². The average Bonchev–Trinajstić information content (AvgIpc) is 1.68. The molecule has 0 aromatic heterocycles. The molecular formula is C84H122N14O18. The van der Waals surface area contributed by atoms with Crippen molar-refractivity contribution in [3.63, 3.8) is 0 Å². The fourth-order valence-corrected chi connectivity index (χ4v) is 10.4. The zero-order valence-electron chi connectivity index (χ0n) is 66.0. The molecule has 22 N–H and O–H groups in total. The fourth-order valence-electron chi connectivity index (χ4n) is 10.4. The van der Waals surface area contributed by atoms with Gasteiger partial charge in [0.1, 0.15) is 0 Å². The molecule has 32 heteroatoms. The van der Waals surface area contributed by atoms with Gasteiger partial charge < -0.3 is 85.4 Å². The van der Waals surface area contributed by atoms with Crippen LogP contribution in [0, 0.1) is 0 Å². The van der Waals surface area contributed by atoms with Gasteiger partial charge in [-0.15, -0.1) is 0 Å². The summed E-state index contributed by atoms with van der Waals surface area (Å²) in [6, 6.07) is 62.8. The van der Waals surface area contributed by atoms with Crippen LogP contribution in [0.15, 0.2) is 226 Å². The van der Waals surface area contributed by atoms with Gasteiger partial charge in [-0.25, -0.2) is 19.2 Å². The highest BCUT2D eigenvalue weighted by Crippen LogP contribution is 2.31. The number of benzene rings is 6. The summed E-state index contributed by atoms with van der Waals surface area (Å²) in [5, 5.41) is 69.3. The molecule has 0 spiro atoms. The lowest BCUT2D eigenvalue weighted by Gasteiger charge is -2.30. The lowest BCUT2D eigenvalue weighted by molar-refractivity contribution is -0.143. The number of nitrogens with zero attached hydrogens (tertiary/aromatic N) is 8. The minimum absolute atomic E-state index is 0. The first-order valence-corrected chi connectivity index (χ1v) is 37.8. The van der Waals surface area contributed by atoms with Crippen LogP contribution in [-0.4, -0.2) is 275 Å². The zero-order valence-corrected chi connectivity index (χ0v) is 66.0. The van der Waals surface area contributed by atoms with Gasteiger partial charge in [0.2, 0.25) is 0 Å². The second-order valence-corrected chi connectivity index (χ2v) is 24.9. The highest BCUT2D eigenvalue weighted by atomic mass is 16.4. The topological polar surface area (TPSA) is 552 Å². The Hall–Kier alpha value is -11.2. The Bertz CT molecular complexity index is 3270. The van der Waals surface area contributed by atoms with Crippen molar-refractivity contribution in [3.8, 4) is 0 Å². The molecule has 6 aromatic rings. The molecule has 0 radical (unpaired) electrons. The van der Waals surface area contributed by atoms with Crippen molar-refractivity contribution in [2.24, 2.45) is 42.9 Å². The van der Waals surface area contributed by atoms with Gasteiger partial charge in [-0.3, -0.25) is 58.7 Å². The lowest BCUT2D eigenvalue weighted by atomic mass is 10.1. The van der Waals surface area contributed by atoms with E-state index in [1.165, 1.54) is 36.8 Å². The molecule has 636 valence electrons. The number of rotatable bonds is 42. The Labute approximate surface area is 680 Å². The number of carboxylic acid groups (broad SMARTS) is 8. The first-order valence-electron chi connectivity index (χ1n) is 37.8. The van der Waals surface area contributed by atoms with Crippen molar-refractivity contribution in [1.29, 1.82) is 0 Å². The minimum atomic E-state index is -1.26. The van der Waals surface area contributed by atoms with Crippen LogP contribution < -0.4 is 33.6 Å². The van der Waals surface area contributed by atoms with E-state index in [4.69, 9.17) is 63.8 Å². The highest BCUT2D eigenvalue weighted by molar-refractivity contribution is 5.90. The Morgan fingerprint density at radius 2 is 0.526 bits per heavy atom. The van der Waals surface area contributed by atoms with Crippen LogP contribution in [-0.2, 0) is 38.4 Å². The summed E-state index contributed by atoms with van der Waals surface area (Å²) in [4.78, 5) is 106. The number of hydrogen-bond donors (Lipinski definition) is 14. The minimum Gasteiger partial charge on any atom is -0.481 e. The summed E-state index contributed by atoms with van der Waals surface area (Å²) in [5.41, 5.74) is 28.5. The summed E-state index contributed by atoms with van der Waals surface area (Å²) in [6.45, 7) is 18.4. The quantitative estimate of drug-likeness (QED) is 0.0118. The predicted octanol–water partition coefficient (Wildman–Crippen LogP) is 6.06. The van der Waals surface area contributed by atoms with Gasteiger partial charge in [0.25, 0.3) is 0 Å².